The van der Waals surface area contributed by atoms with Gasteiger partial charge < -0.3 is 10.4 Å². The SMILES string of the molecule is CCCC(NC(=O)c1cc(Cl)nnc1Cl)C(=O)O. The molecule has 1 aromatic heterocycles. The van der Waals surface area contributed by atoms with Crippen molar-refractivity contribution < 1.29 is 14.7 Å². The van der Waals surface area contributed by atoms with Gasteiger partial charge in [-0.1, -0.05) is 36.5 Å². The van der Waals surface area contributed by atoms with E-state index in [0.29, 0.717) is 12.8 Å². The molecule has 1 unspecified atom stereocenters. The van der Waals surface area contributed by atoms with Gasteiger partial charge in [0.15, 0.2) is 10.3 Å². The van der Waals surface area contributed by atoms with Crippen LogP contribution in [0.1, 0.15) is 30.1 Å². The Bertz CT molecular complexity index is 468. The number of carboxylic acids is 1. The van der Waals surface area contributed by atoms with E-state index in [0.717, 1.165) is 0 Å². The van der Waals surface area contributed by atoms with Crippen LogP contribution in [-0.4, -0.2) is 33.2 Å². The fraction of sp³-hybridized carbons (Fsp3) is 0.400. The average Bonchev–Trinajstić information content (AvgIpc) is 2.31. The molecule has 6 nitrogen and oxygen atoms in total. The zero-order valence-corrected chi connectivity index (χ0v) is 11.0. The quantitative estimate of drug-likeness (QED) is 0.862. The van der Waals surface area contributed by atoms with Crippen LogP contribution in [0.2, 0.25) is 10.3 Å². The highest BCUT2D eigenvalue weighted by molar-refractivity contribution is 6.34. The van der Waals surface area contributed by atoms with E-state index in [9.17, 15) is 9.59 Å². The molecule has 0 aliphatic carbocycles. The lowest BCUT2D eigenvalue weighted by Gasteiger charge is -2.13. The minimum absolute atomic E-state index is 0.000908. The van der Waals surface area contributed by atoms with Gasteiger partial charge >= 0.3 is 5.97 Å². The van der Waals surface area contributed by atoms with Crippen LogP contribution < -0.4 is 5.32 Å². The minimum atomic E-state index is -1.10. The Morgan fingerprint density at radius 3 is 2.67 bits per heavy atom. The van der Waals surface area contributed by atoms with Gasteiger partial charge in [0.05, 0.1) is 5.56 Å². The highest BCUT2D eigenvalue weighted by atomic mass is 35.5. The maximum absolute atomic E-state index is 11.8. The third kappa shape index (κ3) is 3.82. The van der Waals surface area contributed by atoms with Gasteiger partial charge in [-0.05, 0) is 12.5 Å². The van der Waals surface area contributed by atoms with Gasteiger partial charge in [0, 0.05) is 0 Å². The van der Waals surface area contributed by atoms with Gasteiger partial charge in [0.2, 0.25) is 0 Å². The zero-order chi connectivity index (χ0) is 13.7. The molecule has 1 atom stereocenters. The molecule has 0 aliphatic rings. The van der Waals surface area contributed by atoms with Crippen LogP contribution in [-0.2, 0) is 4.79 Å². The number of halogens is 2. The van der Waals surface area contributed by atoms with E-state index < -0.39 is 17.9 Å². The smallest absolute Gasteiger partial charge is 0.326 e. The van der Waals surface area contributed by atoms with E-state index >= 15 is 0 Å². The van der Waals surface area contributed by atoms with Gasteiger partial charge in [-0.25, -0.2) is 4.79 Å². The Labute approximate surface area is 113 Å². The highest BCUT2D eigenvalue weighted by Crippen LogP contribution is 2.15. The van der Waals surface area contributed by atoms with Crippen molar-refractivity contribution in [1.29, 1.82) is 0 Å². The number of hydrogen-bond acceptors (Lipinski definition) is 4. The Morgan fingerprint density at radius 2 is 2.11 bits per heavy atom. The Kier molecular flexibility index (Phi) is 5.30. The number of aromatic nitrogens is 2. The van der Waals surface area contributed by atoms with Crippen molar-refractivity contribution in [2.24, 2.45) is 0 Å². The summed E-state index contributed by atoms with van der Waals surface area (Å²) in [6.07, 6.45) is 0.950. The summed E-state index contributed by atoms with van der Waals surface area (Å²) in [6, 6.07) is 0.266. The number of hydrogen-bond donors (Lipinski definition) is 2. The molecule has 2 N–H and O–H groups in total. The van der Waals surface area contributed by atoms with E-state index in [1.54, 1.807) is 0 Å². The molecular formula is C10H11Cl2N3O3. The van der Waals surface area contributed by atoms with Crippen molar-refractivity contribution in [3.8, 4) is 0 Å². The Balaban J connectivity index is 2.86. The number of amides is 1. The minimum Gasteiger partial charge on any atom is -0.480 e. The standard InChI is InChI=1S/C10H11Cl2N3O3/c1-2-3-6(10(17)18)13-9(16)5-4-7(11)14-15-8(5)12/h4,6H,2-3H2,1H3,(H,13,16)(H,17,18). The molecule has 0 saturated heterocycles. The van der Waals surface area contributed by atoms with Crippen LogP contribution in [0.5, 0.6) is 0 Å². The van der Waals surface area contributed by atoms with Crippen LogP contribution in [0.15, 0.2) is 6.07 Å². The second kappa shape index (κ2) is 6.51. The molecule has 18 heavy (non-hydrogen) atoms. The number of carbonyl (C=O) groups is 2. The summed E-state index contributed by atoms with van der Waals surface area (Å²) in [5, 5.41) is 18.1. The molecule has 0 radical (unpaired) electrons. The number of nitrogens with zero attached hydrogens (tertiary/aromatic N) is 2. The normalized spacial score (nSPS) is 11.9. The monoisotopic (exact) mass is 291 g/mol. The van der Waals surface area contributed by atoms with Gasteiger partial charge in [0.1, 0.15) is 6.04 Å². The van der Waals surface area contributed by atoms with Crippen molar-refractivity contribution in [1.82, 2.24) is 15.5 Å². The van der Waals surface area contributed by atoms with Crippen molar-refractivity contribution >= 4 is 35.1 Å². The number of rotatable bonds is 5. The lowest BCUT2D eigenvalue weighted by molar-refractivity contribution is -0.139. The largest absolute Gasteiger partial charge is 0.480 e. The summed E-state index contributed by atoms with van der Waals surface area (Å²) < 4.78 is 0. The van der Waals surface area contributed by atoms with Crippen LogP contribution in [0, 0.1) is 0 Å². The summed E-state index contributed by atoms with van der Waals surface area (Å²) in [5.74, 6) is -1.74. The summed E-state index contributed by atoms with van der Waals surface area (Å²) in [7, 11) is 0. The molecular weight excluding hydrogens is 281 g/mol. The first-order valence-electron chi connectivity index (χ1n) is 5.18. The van der Waals surface area contributed by atoms with E-state index in [1.807, 2.05) is 6.92 Å². The summed E-state index contributed by atoms with van der Waals surface area (Å²) in [4.78, 5) is 22.7. The van der Waals surface area contributed by atoms with E-state index in [4.69, 9.17) is 28.3 Å². The van der Waals surface area contributed by atoms with Crippen molar-refractivity contribution in [3.05, 3.63) is 21.9 Å². The first-order valence-corrected chi connectivity index (χ1v) is 5.93. The molecule has 0 aromatic carbocycles. The van der Waals surface area contributed by atoms with Gasteiger partial charge in [-0.15, -0.1) is 10.2 Å². The van der Waals surface area contributed by atoms with Crippen LogP contribution >= 0.6 is 23.2 Å². The molecule has 0 bridgehead atoms. The molecule has 1 rings (SSSR count). The topological polar surface area (TPSA) is 92.2 Å². The number of carboxylic acid groups (broad SMARTS) is 1. The van der Waals surface area contributed by atoms with E-state index in [-0.39, 0.29) is 15.9 Å². The first kappa shape index (κ1) is 14.7. The zero-order valence-electron chi connectivity index (χ0n) is 9.48. The van der Waals surface area contributed by atoms with Crippen molar-refractivity contribution in [3.63, 3.8) is 0 Å². The van der Waals surface area contributed by atoms with Crippen LogP contribution in [0.3, 0.4) is 0 Å². The fourth-order valence-electron chi connectivity index (χ4n) is 1.29. The number of aliphatic carboxylic acids is 1. The molecule has 1 amide bonds. The molecule has 8 heteroatoms. The molecule has 0 spiro atoms. The summed E-state index contributed by atoms with van der Waals surface area (Å²) in [6.45, 7) is 1.82. The Morgan fingerprint density at radius 1 is 1.44 bits per heavy atom. The summed E-state index contributed by atoms with van der Waals surface area (Å²) in [5.41, 5.74) is -0.000908. The third-order valence-electron chi connectivity index (χ3n) is 2.14. The van der Waals surface area contributed by atoms with Crippen LogP contribution in [0.25, 0.3) is 0 Å². The molecule has 0 fully saturated rings. The third-order valence-corrected chi connectivity index (χ3v) is 2.61. The van der Waals surface area contributed by atoms with E-state index in [2.05, 4.69) is 15.5 Å². The lowest BCUT2D eigenvalue weighted by Crippen LogP contribution is -2.40. The number of nitrogens with one attached hydrogen (secondary N) is 1. The average molecular weight is 292 g/mol. The second-order valence-electron chi connectivity index (χ2n) is 3.52. The van der Waals surface area contributed by atoms with Gasteiger partial charge in [-0.2, -0.15) is 0 Å². The predicted molar refractivity (Wildman–Crippen MR) is 65.9 cm³/mol. The molecule has 98 valence electrons. The molecule has 0 aliphatic heterocycles. The van der Waals surface area contributed by atoms with Gasteiger partial charge in [0.25, 0.3) is 5.91 Å². The molecule has 0 saturated carbocycles. The summed E-state index contributed by atoms with van der Waals surface area (Å²) >= 11 is 11.3. The molecule has 1 aromatic rings. The Hall–Kier alpha value is -1.40. The molecule has 1 heterocycles. The predicted octanol–water partition coefficient (Wildman–Crippen LogP) is 1.77. The highest BCUT2D eigenvalue weighted by Gasteiger charge is 2.21. The lowest BCUT2D eigenvalue weighted by atomic mass is 10.1. The maximum Gasteiger partial charge on any atom is 0.326 e. The van der Waals surface area contributed by atoms with E-state index in [1.165, 1.54) is 6.07 Å². The fourth-order valence-corrected chi connectivity index (χ4v) is 1.62. The van der Waals surface area contributed by atoms with Crippen molar-refractivity contribution in [2.45, 2.75) is 25.8 Å². The van der Waals surface area contributed by atoms with Gasteiger partial charge in [-0.3, -0.25) is 4.79 Å². The maximum atomic E-state index is 11.8. The van der Waals surface area contributed by atoms with Crippen LogP contribution in [0.4, 0.5) is 0 Å². The first-order chi connectivity index (χ1) is 8.45. The second-order valence-corrected chi connectivity index (χ2v) is 4.27. The van der Waals surface area contributed by atoms with Crippen molar-refractivity contribution in [2.75, 3.05) is 0 Å². The number of carbonyl (C=O) groups excluding carboxylic acids is 1.